The number of carboxylic acid groups (broad SMARTS) is 1. The zero-order valence-electron chi connectivity index (χ0n) is 18.7. The van der Waals surface area contributed by atoms with Crippen molar-refractivity contribution in [3.63, 3.8) is 0 Å². The summed E-state index contributed by atoms with van der Waals surface area (Å²) in [5.74, 6) is -1.09. The first-order valence-corrected chi connectivity index (χ1v) is 11.8. The number of nitrogens with one attached hydrogen (secondary N) is 1. The molecule has 0 aliphatic rings. The standard InChI is InChI=1S/C24H24ClF3N2O3S/c1-13(2)21-20(23(25)30-29-21)22(16-4-8-17(9-5-16)33-24(26,27)28)34-18-10-6-15(14(3)12-18)7-11-19(31)32/h4-6,8-10,12-13,22H,7,11H2,1-3H3,(H,29,30)(H,31,32). The molecule has 1 heterocycles. The van der Waals surface area contributed by atoms with E-state index in [4.69, 9.17) is 16.7 Å². The van der Waals surface area contributed by atoms with Gasteiger partial charge >= 0.3 is 12.3 Å². The first kappa shape index (κ1) is 26.0. The number of thioether (sulfide) groups is 1. The number of ether oxygens (including phenoxy) is 1. The molecule has 0 saturated carbocycles. The predicted molar refractivity (Wildman–Crippen MR) is 126 cm³/mol. The third-order valence-electron chi connectivity index (χ3n) is 5.19. The number of hydrogen-bond acceptors (Lipinski definition) is 4. The number of rotatable bonds is 9. The summed E-state index contributed by atoms with van der Waals surface area (Å²) in [7, 11) is 0. The summed E-state index contributed by atoms with van der Waals surface area (Å²) in [6.07, 6.45) is -4.29. The molecule has 0 radical (unpaired) electrons. The summed E-state index contributed by atoms with van der Waals surface area (Å²) < 4.78 is 41.8. The van der Waals surface area contributed by atoms with E-state index in [1.165, 1.54) is 23.9 Å². The molecular weight excluding hydrogens is 489 g/mol. The van der Waals surface area contributed by atoms with Crippen molar-refractivity contribution in [1.82, 2.24) is 10.2 Å². The molecule has 182 valence electrons. The van der Waals surface area contributed by atoms with Gasteiger partial charge in [0, 0.05) is 16.9 Å². The van der Waals surface area contributed by atoms with E-state index < -0.39 is 12.3 Å². The molecule has 34 heavy (non-hydrogen) atoms. The molecule has 0 spiro atoms. The number of alkyl halides is 3. The van der Waals surface area contributed by atoms with E-state index in [2.05, 4.69) is 14.9 Å². The van der Waals surface area contributed by atoms with Crippen LogP contribution in [-0.4, -0.2) is 27.6 Å². The van der Waals surface area contributed by atoms with Crippen LogP contribution in [-0.2, 0) is 11.2 Å². The van der Waals surface area contributed by atoms with E-state index in [0.717, 1.165) is 32.8 Å². The number of carbonyl (C=O) groups is 1. The lowest BCUT2D eigenvalue weighted by atomic mass is 9.99. The molecule has 1 unspecified atom stereocenters. The lowest BCUT2D eigenvalue weighted by Crippen LogP contribution is -2.17. The van der Waals surface area contributed by atoms with Crippen LogP contribution in [0.1, 0.15) is 59.4 Å². The van der Waals surface area contributed by atoms with Crippen molar-refractivity contribution in [2.24, 2.45) is 0 Å². The fourth-order valence-corrected chi connectivity index (χ4v) is 5.20. The van der Waals surface area contributed by atoms with Crippen molar-refractivity contribution in [3.8, 4) is 5.75 Å². The van der Waals surface area contributed by atoms with Gasteiger partial charge in [-0.05, 0) is 60.2 Å². The van der Waals surface area contributed by atoms with Crippen LogP contribution in [0.25, 0.3) is 0 Å². The number of aliphatic carboxylic acids is 1. The van der Waals surface area contributed by atoms with Gasteiger partial charge in [-0.1, -0.05) is 43.6 Å². The SMILES string of the molecule is Cc1cc(SC(c2ccc(OC(F)(F)F)cc2)c2c(C(C)C)n[nH]c2Cl)ccc1CCC(=O)O. The van der Waals surface area contributed by atoms with Crippen LogP contribution in [0.2, 0.25) is 5.15 Å². The second-order valence-corrected chi connectivity index (χ2v) is 9.64. The number of H-pyrrole nitrogens is 1. The monoisotopic (exact) mass is 512 g/mol. The maximum atomic E-state index is 12.6. The van der Waals surface area contributed by atoms with Gasteiger partial charge in [0.25, 0.3) is 0 Å². The van der Waals surface area contributed by atoms with E-state index in [-0.39, 0.29) is 23.3 Å². The molecule has 2 N–H and O–H groups in total. The average molecular weight is 513 g/mol. The summed E-state index contributed by atoms with van der Waals surface area (Å²) in [6.45, 7) is 5.89. The molecule has 0 saturated heterocycles. The quantitative estimate of drug-likeness (QED) is 0.294. The topological polar surface area (TPSA) is 75.2 Å². The molecule has 5 nitrogen and oxygen atoms in total. The third kappa shape index (κ3) is 6.70. The Kier molecular flexibility index (Phi) is 8.20. The normalized spacial score (nSPS) is 12.7. The second kappa shape index (κ2) is 10.7. The summed E-state index contributed by atoms with van der Waals surface area (Å²) in [6, 6.07) is 11.5. The lowest BCUT2D eigenvalue weighted by Gasteiger charge is -2.20. The van der Waals surface area contributed by atoms with Crippen molar-refractivity contribution in [3.05, 3.63) is 75.6 Å². The summed E-state index contributed by atoms with van der Waals surface area (Å²) >= 11 is 7.97. The van der Waals surface area contributed by atoms with Crippen LogP contribution in [0.4, 0.5) is 13.2 Å². The van der Waals surface area contributed by atoms with E-state index in [0.29, 0.717) is 11.6 Å². The van der Waals surface area contributed by atoms with E-state index in [1.54, 1.807) is 12.1 Å². The van der Waals surface area contributed by atoms with Gasteiger partial charge in [0.1, 0.15) is 10.9 Å². The van der Waals surface area contributed by atoms with Gasteiger partial charge in [-0.2, -0.15) is 5.10 Å². The van der Waals surface area contributed by atoms with Gasteiger partial charge in [-0.3, -0.25) is 9.89 Å². The summed E-state index contributed by atoms with van der Waals surface area (Å²) in [5, 5.41) is 16.1. The molecule has 0 amide bonds. The summed E-state index contributed by atoms with van der Waals surface area (Å²) in [4.78, 5) is 11.8. The lowest BCUT2D eigenvalue weighted by molar-refractivity contribution is -0.274. The Bertz CT molecular complexity index is 1150. The number of aryl methyl sites for hydroxylation is 2. The van der Waals surface area contributed by atoms with E-state index in [9.17, 15) is 18.0 Å². The van der Waals surface area contributed by atoms with Crippen molar-refractivity contribution < 1.29 is 27.8 Å². The minimum absolute atomic E-state index is 0.0463. The maximum absolute atomic E-state index is 12.6. The fourth-order valence-electron chi connectivity index (χ4n) is 3.57. The van der Waals surface area contributed by atoms with Crippen LogP contribution in [0.15, 0.2) is 47.4 Å². The maximum Gasteiger partial charge on any atom is 0.573 e. The molecular formula is C24H24ClF3N2O3S. The van der Waals surface area contributed by atoms with Gasteiger partial charge < -0.3 is 9.84 Å². The average Bonchev–Trinajstić information content (AvgIpc) is 3.12. The first-order chi connectivity index (χ1) is 15.9. The third-order valence-corrected chi connectivity index (χ3v) is 6.75. The Hall–Kier alpha value is -2.65. The predicted octanol–water partition coefficient (Wildman–Crippen LogP) is 7.29. The first-order valence-electron chi connectivity index (χ1n) is 10.5. The Morgan fingerprint density at radius 3 is 2.44 bits per heavy atom. The van der Waals surface area contributed by atoms with Crippen molar-refractivity contribution in [2.45, 2.75) is 56.0 Å². The zero-order valence-corrected chi connectivity index (χ0v) is 20.3. The summed E-state index contributed by atoms with van der Waals surface area (Å²) in [5.41, 5.74) is 4.17. The van der Waals surface area contributed by atoms with E-state index in [1.807, 2.05) is 39.0 Å². The van der Waals surface area contributed by atoms with Gasteiger partial charge in [-0.15, -0.1) is 24.9 Å². The smallest absolute Gasteiger partial charge is 0.481 e. The highest BCUT2D eigenvalue weighted by Crippen LogP contribution is 2.46. The Morgan fingerprint density at radius 1 is 1.21 bits per heavy atom. The van der Waals surface area contributed by atoms with Crippen LogP contribution in [0.5, 0.6) is 5.75 Å². The van der Waals surface area contributed by atoms with Gasteiger partial charge in [0.2, 0.25) is 0 Å². The van der Waals surface area contributed by atoms with Crippen LogP contribution >= 0.6 is 23.4 Å². The van der Waals surface area contributed by atoms with Crippen molar-refractivity contribution in [1.29, 1.82) is 0 Å². The molecule has 0 aliphatic heterocycles. The molecule has 3 rings (SSSR count). The Morgan fingerprint density at radius 2 is 1.88 bits per heavy atom. The highest BCUT2D eigenvalue weighted by molar-refractivity contribution is 7.99. The van der Waals surface area contributed by atoms with Crippen LogP contribution < -0.4 is 4.74 Å². The molecule has 10 heteroatoms. The molecule has 2 aromatic carbocycles. The minimum atomic E-state index is -4.77. The van der Waals surface area contributed by atoms with E-state index >= 15 is 0 Å². The molecule has 1 aromatic heterocycles. The largest absolute Gasteiger partial charge is 0.573 e. The number of hydrogen-bond donors (Lipinski definition) is 2. The molecule has 3 aromatic rings. The number of carboxylic acids is 1. The zero-order chi connectivity index (χ0) is 25.0. The Balaban J connectivity index is 1.98. The second-order valence-electron chi connectivity index (χ2n) is 8.09. The van der Waals surface area contributed by atoms with Gasteiger partial charge in [-0.25, -0.2) is 0 Å². The van der Waals surface area contributed by atoms with Crippen LogP contribution in [0, 0.1) is 6.92 Å². The van der Waals surface area contributed by atoms with Gasteiger partial charge in [0.05, 0.1) is 10.9 Å². The molecule has 1 atom stereocenters. The Labute approximate surface area is 204 Å². The van der Waals surface area contributed by atoms with Gasteiger partial charge in [0.15, 0.2) is 0 Å². The van der Waals surface area contributed by atoms with Crippen molar-refractivity contribution >= 4 is 29.3 Å². The highest BCUT2D eigenvalue weighted by atomic mass is 35.5. The van der Waals surface area contributed by atoms with Crippen LogP contribution in [0.3, 0.4) is 0 Å². The fraction of sp³-hybridized carbons (Fsp3) is 0.333. The number of benzene rings is 2. The molecule has 0 aliphatic carbocycles. The number of aromatic amines is 1. The molecule has 0 bridgehead atoms. The minimum Gasteiger partial charge on any atom is -0.481 e. The molecule has 0 fully saturated rings. The number of halogens is 4. The highest BCUT2D eigenvalue weighted by Gasteiger charge is 2.31. The number of nitrogens with zero attached hydrogens (tertiary/aromatic N) is 1. The van der Waals surface area contributed by atoms with Crippen molar-refractivity contribution in [2.75, 3.05) is 0 Å². The number of aromatic nitrogens is 2.